The molecule has 0 aliphatic carbocycles. The number of hydrogen-bond donors (Lipinski definition) is 1. The number of hydrogen-bond acceptors (Lipinski definition) is 4. The third kappa shape index (κ3) is 8.76. The van der Waals surface area contributed by atoms with Crippen LogP contribution in [0.15, 0.2) is 12.7 Å². The molecule has 0 bridgehead atoms. The fourth-order valence-corrected chi connectivity index (χ4v) is 0.642. The number of ether oxygens (including phenoxy) is 2. The van der Waals surface area contributed by atoms with E-state index in [1.165, 1.54) is 0 Å². The van der Waals surface area contributed by atoms with Crippen LogP contribution in [0, 0.1) is 0 Å². The number of rotatable bonds is 5. The van der Waals surface area contributed by atoms with Crippen molar-refractivity contribution in [2.24, 2.45) is 0 Å². The molecule has 0 heterocycles. The Kier molecular flexibility index (Phi) is 5.40. The molecular formula is C9H17N2O4+. The van der Waals surface area contributed by atoms with E-state index in [1.807, 2.05) is 0 Å². The molecule has 0 saturated carbocycles. The largest absolute Gasteiger partial charge is 0.459 e. The van der Waals surface area contributed by atoms with Gasteiger partial charge in [-0.2, -0.15) is 5.43 Å². The molecule has 86 valence electrons. The maximum atomic E-state index is 11.1. The van der Waals surface area contributed by atoms with E-state index in [1.54, 1.807) is 21.1 Å². The number of amides is 1. The number of carbonyl (C=O) groups excluding carboxylic acids is 2. The van der Waals surface area contributed by atoms with Crippen molar-refractivity contribution in [3.05, 3.63) is 12.7 Å². The fraction of sp³-hybridized carbons (Fsp3) is 0.556. The minimum atomic E-state index is -0.558. The van der Waals surface area contributed by atoms with Crippen LogP contribution in [0.4, 0.5) is 4.79 Å². The summed E-state index contributed by atoms with van der Waals surface area (Å²) >= 11 is 0. The van der Waals surface area contributed by atoms with Crippen molar-refractivity contribution in [2.45, 2.75) is 0 Å². The molecule has 15 heavy (non-hydrogen) atoms. The zero-order chi connectivity index (χ0) is 11.9. The number of quaternary nitrogens is 1. The van der Waals surface area contributed by atoms with E-state index in [0.29, 0.717) is 0 Å². The topological polar surface area (TPSA) is 64.6 Å². The van der Waals surface area contributed by atoms with Gasteiger partial charge in [0, 0.05) is 6.08 Å². The lowest BCUT2D eigenvalue weighted by atomic mass is 10.6. The summed E-state index contributed by atoms with van der Waals surface area (Å²) in [5.74, 6) is -0.536. The second kappa shape index (κ2) is 6.02. The van der Waals surface area contributed by atoms with E-state index in [0.717, 1.165) is 6.08 Å². The van der Waals surface area contributed by atoms with E-state index < -0.39 is 12.1 Å². The SMILES string of the molecule is C=CC(=O)OCCOC(=O)N[N+](C)(C)C. The van der Waals surface area contributed by atoms with Gasteiger partial charge in [0.25, 0.3) is 0 Å². The lowest BCUT2D eigenvalue weighted by Crippen LogP contribution is -2.51. The van der Waals surface area contributed by atoms with Gasteiger partial charge in [0.1, 0.15) is 13.2 Å². The smallest absolute Gasteiger partial charge is 0.452 e. The second-order valence-electron chi connectivity index (χ2n) is 3.63. The van der Waals surface area contributed by atoms with Gasteiger partial charge in [0.15, 0.2) is 0 Å². The van der Waals surface area contributed by atoms with Gasteiger partial charge in [-0.25, -0.2) is 14.2 Å². The number of carbonyl (C=O) groups is 2. The highest BCUT2D eigenvalue weighted by atomic mass is 16.6. The van der Waals surface area contributed by atoms with Gasteiger partial charge in [0.05, 0.1) is 21.1 Å². The van der Waals surface area contributed by atoms with Gasteiger partial charge in [-0.15, -0.1) is 0 Å². The molecule has 1 N–H and O–H groups in total. The van der Waals surface area contributed by atoms with Crippen LogP contribution < -0.4 is 5.43 Å². The van der Waals surface area contributed by atoms with Crippen LogP contribution >= 0.6 is 0 Å². The van der Waals surface area contributed by atoms with Gasteiger partial charge in [-0.05, 0) is 0 Å². The normalized spacial score (nSPS) is 10.3. The van der Waals surface area contributed by atoms with Gasteiger partial charge < -0.3 is 9.47 Å². The van der Waals surface area contributed by atoms with E-state index in [2.05, 4.69) is 16.7 Å². The monoisotopic (exact) mass is 217 g/mol. The van der Waals surface area contributed by atoms with Crippen LogP contribution in [0.1, 0.15) is 0 Å². The van der Waals surface area contributed by atoms with Crippen molar-refractivity contribution < 1.29 is 23.7 Å². The lowest BCUT2D eigenvalue weighted by molar-refractivity contribution is -0.906. The van der Waals surface area contributed by atoms with E-state index in [-0.39, 0.29) is 17.8 Å². The Morgan fingerprint density at radius 1 is 1.27 bits per heavy atom. The van der Waals surface area contributed by atoms with Gasteiger partial charge in [-0.1, -0.05) is 6.58 Å². The molecule has 0 aromatic rings. The van der Waals surface area contributed by atoms with E-state index >= 15 is 0 Å². The molecular weight excluding hydrogens is 200 g/mol. The first-order valence-corrected chi connectivity index (χ1v) is 4.41. The molecule has 6 nitrogen and oxygen atoms in total. The van der Waals surface area contributed by atoms with Crippen LogP contribution in [0.5, 0.6) is 0 Å². The molecule has 0 fully saturated rings. The van der Waals surface area contributed by atoms with Gasteiger partial charge in [-0.3, -0.25) is 0 Å². The molecule has 0 rings (SSSR count). The van der Waals surface area contributed by atoms with Crippen molar-refractivity contribution in [3.63, 3.8) is 0 Å². The zero-order valence-corrected chi connectivity index (χ0v) is 9.28. The molecule has 0 atom stereocenters. The molecule has 0 spiro atoms. The number of nitrogens with one attached hydrogen (secondary N) is 1. The Hall–Kier alpha value is -1.56. The zero-order valence-electron chi connectivity index (χ0n) is 9.28. The molecule has 0 aromatic carbocycles. The Balaban J connectivity index is 3.56. The van der Waals surface area contributed by atoms with Crippen LogP contribution in [0.2, 0.25) is 0 Å². The van der Waals surface area contributed by atoms with Gasteiger partial charge >= 0.3 is 12.1 Å². The molecule has 0 aliphatic rings. The summed E-state index contributed by atoms with van der Waals surface area (Å²) in [7, 11) is 5.33. The van der Waals surface area contributed by atoms with Crippen molar-refractivity contribution in [2.75, 3.05) is 34.4 Å². The third-order valence-corrected chi connectivity index (χ3v) is 1.15. The quantitative estimate of drug-likeness (QED) is 0.232. The summed E-state index contributed by atoms with van der Waals surface area (Å²) in [6.07, 6.45) is 0.490. The highest BCUT2D eigenvalue weighted by molar-refractivity contribution is 5.81. The Morgan fingerprint density at radius 3 is 2.27 bits per heavy atom. The summed E-state index contributed by atoms with van der Waals surface area (Å²) in [4.78, 5) is 21.6. The summed E-state index contributed by atoms with van der Waals surface area (Å²) in [5, 5.41) is 0. The Bertz CT molecular complexity index is 245. The summed E-state index contributed by atoms with van der Waals surface area (Å²) in [6, 6.07) is 0. The Morgan fingerprint density at radius 2 is 1.80 bits per heavy atom. The summed E-state index contributed by atoms with van der Waals surface area (Å²) < 4.78 is 9.60. The van der Waals surface area contributed by atoms with Crippen LogP contribution in [-0.4, -0.2) is 51.0 Å². The number of esters is 1. The molecule has 0 radical (unpaired) electrons. The van der Waals surface area contributed by atoms with Crippen molar-refractivity contribution in [3.8, 4) is 0 Å². The van der Waals surface area contributed by atoms with E-state index in [4.69, 9.17) is 4.74 Å². The predicted octanol–water partition coefficient (Wildman–Crippen LogP) is 0.0630. The first-order valence-electron chi connectivity index (χ1n) is 4.41. The maximum Gasteiger partial charge on any atom is 0.452 e. The first kappa shape index (κ1) is 13.4. The minimum absolute atomic E-state index is 0.0193. The Labute approximate surface area is 89.0 Å². The molecule has 6 heteroatoms. The molecule has 0 unspecified atom stereocenters. The standard InChI is InChI=1S/C9H16N2O4/c1-5-8(12)14-6-7-15-9(13)10-11(2,3)4/h5H,1,6-7H2,2-4H3/p+1. The lowest BCUT2D eigenvalue weighted by Gasteiger charge is -2.22. The molecule has 0 aromatic heterocycles. The predicted molar refractivity (Wildman–Crippen MR) is 53.7 cm³/mol. The van der Waals surface area contributed by atoms with Gasteiger partial charge in [0.2, 0.25) is 0 Å². The van der Waals surface area contributed by atoms with Crippen LogP contribution in [0.3, 0.4) is 0 Å². The number of nitrogens with zero attached hydrogens (tertiary/aromatic N) is 1. The van der Waals surface area contributed by atoms with Crippen LogP contribution in [-0.2, 0) is 14.3 Å². The molecule has 0 saturated heterocycles. The highest BCUT2D eigenvalue weighted by Crippen LogP contribution is 1.86. The molecule has 0 aliphatic heterocycles. The average Bonchev–Trinajstić information content (AvgIpc) is 2.09. The van der Waals surface area contributed by atoms with Crippen molar-refractivity contribution in [1.82, 2.24) is 5.43 Å². The fourth-order valence-electron chi connectivity index (χ4n) is 0.642. The second-order valence-corrected chi connectivity index (χ2v) is 3.63. The molecule has 1 amide bonds. The van der Waals surface area contributed by atoms with Crippen molar-refractivity contribution >= 4 is 12.1 Å². The van der Waals surface area contributed by atoms with Crippen LogP contribution in [0.25, 0.3) is 0 Å². The third-order valence-electron chi connectivity index (χ3n) is 1.15. The minimum Gasteiger partial charge on any atom is -0.459 e. The van der Waals surface area contributed by atoms with Crippen molar-refractivity contribution in [1.29, 1.82) is 0 Å². The highest BCUT2D eigenvalue weighted by Gasteiger charge is 2.13. The van der Waals surface area contributed by atoms with E-state index in [9.17, 15) is 9.59 Å². The summed E-state index contributed by atoms with van der Waals surface area (Å²) in [5.41, 5.74) is 2.54. The average molecular weight is 217 g/mol. The first-order chi connectivity index (χ1) is 6.85. The maximum absolute atomic E-state index is 11.1. The summed E-state index contributed by atoms with van der Waals surface area (Å²) in [6.45, 7) is 3.27.